The van der Waals surface area contributed by atoms with Crippen LogP contribution in [-0.4, -0.2) is 35.8 Å². The zero-order valence-electron chi connectivity index (χ0n) is 13.3. The molecule has 128 valence electrons. The van der Waals surface area contributed by atoms with E-state index in [0.29, 0.717) is 13.1 Å². The van der Waals surface area contributed by atoms with Gasteiger partial charge in [0.2, 0.25) is 11.8 Å². The minimum absolute atomic E-state index is 0. The molecule has 1 aromatic rings. The van der Waals surface area contributed by atoms with Gasteiger partial charge in [-0.3, -0.25) is 9.59 Å². The highest BCUT2D eigenvalue weighted by molar-refractivity contribution is 9.10. The molecular weight excluding hydrogens is 382 g/mol. The lowest BCUT2D eigenvalue weighted by atomic mass is 9.91. The maximum absolute atomic E-state index is 12.5. The van der Waals surface area contributed by atoms with E-state index in [0.717, 1.165) is 22.9 Å². The Kier molecular flexibility index (Phi) is 7.04. The van der Waals surface area contributed by atoms with Crippen molar-refractivity contribution in [3.63, 3.8) is 0 Å². The van der Waals surface area contributed by atoms with Crippen LogP contribution in [-0.2, 0) is 15.1 Å². The first-order valence-corrected chi connectivity index (χ1v) is 8.21. The van der Waals surface area contributed by atoms with Crippen LogP contribution in [0.1, 0.15) is 32.3 Å². The Morgan fingerprint density at radius 3 is 2.26 bits per heavy atom. The molecule has 0 saturated carbocycles. The van der Waals surface area contributed by atoms with Crippen LogP contribution in [0.3, 0.4) is 0 Å². The normalized spacial score (nSPS) is 17.8. The van der Waals surface area contributed by atoms with Gasteiger partial charge in [0.1, 0.15) is 5.54 Å². The summed E-state index contributed by atoms with van der Waals surface area (Å²) >= 11 is 3.37. The molecule has 23 heavy (non-hydrogen) atoms. The molecule has 0 bridgehead atoms. The van der Waals surface area contributed by atoms with E-state index < -0.39 is 5.54 Å². The third-order valence-corrected chi connectivity index (χ3v) is 4.72. The van der Waals surface area contributed by atoms with Crippen LogP contribution in [0, 0.1) is 0 Å². The number of nitrogens with two attached hydrogens (primary N) is 1. The van der Waals surface area contributed by atoms with Gasteiger partial charge in [-0.2, -0.15) is 0 Å². The van der Waals surface area contributed by atoms with Crippen LogP contribution in [0.2, 0.25) is 0 Å². The molecule has 1 heterocycles. The number of carbonyl (C=O) groups is 2. The second-order valence-electron chi connectivity index (χ2n) is 5.96. The molecule has 0 aromatic heterocycles. The van der Waals surface area contributed by atoms with Crippen molar-refractivity contribution in [3.05, 3.63) is 34.3 Å². The van der Waals surface area contributed by atoms with Crippen molar-refractivity contribution in [1.82, 2.24) is 10.2 Å². The predicted molar refractivity (Wildman–Crippen MR) is 96.3 cm³/mol. The van der Waals surface area contributed by atoms with Gasteiger partial charge in [0, 0.05) is 30.5 Å². The fourth-order valence-corrected chi connectivity index (χ4v) is 2.87. The van der Waals surface area contributed by atoms with Gasteiger partial charge in [-0.1, -0.05) is 28.1 Å². The fourth-order valence-electron chi connectivity index (χ4n) is 2.60. The van der Waals surface area contributed by atoms with Gasteiger partial charge >= 0.3 is 0 Å². The minimum atomic E-state index is -1.07. The molecule has 1 aliphatic rings. The van der Waals surface area contributed by atoms with Crippen molar-refractivity contribution in [2.75, 3.05) is 13.1 Å². The van der Waals surface area contributed by atoms with E-state index in [9.17, 15) is 9.59 Å². The SMILES string of the molecule is CC(=O)N1CCC(NC(=O)C(C)(N)c2ccc(Br)cc2)CC1.Cl. The molecule has 0 spiro atoms. The standard InChI is InChI=1S/C16H22BrN3O2.ClH/c1-11(21)20-9-7-14(8-10-20)19-15(22)16(2,18)12-3-5-13(17)6-4-12;/h3-6,14H,7-10,18H2,1-2H3,(H,19,22);1H. The Balaban J connectivity index is 0.00000264. The highest BCUT2D eigenvalue weighted by Crippen LogP contribution is 2.21. The topological polar surface area (TPSA) is 75.4 Å². The fraction of sp³-hybridized carbons (Fsp3) is 0.500. The predicted octanol–water partition coefficient (Wildman–Crippen LogP) is 2.17. The number of rotatable bonds is 3. The van der Waals surface area contributed by atoms with Gasteiger partial charge in [0.25, 0.3) is 0 Å². The Hall–Kier alpha value is -1.11. The largest absolute Gasteiger partial charge is 0.351 e. The number of amides is 2. The maximum Gasteiger partial charge on any atom is 0.244 e. The maximum atomic E-state index is 12.5. The molecular formula is C16H23BrClN3O2. The number of nitrogens with one attached hydrogen (secondary N) is 1. The zero-order valence-corrected chi connectivity index (χ0v) is 15.7. The van der Waals surface area contributed by atoms with Gasteiger partial charge < -0.3 is 16.0 Å². The van der Waals surface area contributed by atoms with Crippen LogP contribution in [0.25, 0.3) is 0 Å². The van der Waals surface area contributed by atoms with E-state index >= 15 is 0 Å². The van der Waals surface area contributed by atoms with Crippen molar-refractivity contribution < 1.29 is 9.59 Å². The van der Waals surface area contributed by atoms with Crippen molar-refractivity contribution in [2.24, 2.45) is 5.73 Å². The highest BCUT2D eigenvalue weighted by Gasteiger charge is 2.33. The summed E-state index contributed by atoms with van der Waals surface area (Å²) in [6.07, 6.45) is 1.53. The number of piperidine rings is 1. The van der Waals surface area contributed by atoms with Gasteiger partial charge in [0.15, 0.2) is 0 Å². The minimum Gasteiger partial charge on any atom is -0.351 e. The van der Waals surface area contributed by atoms with Gasteiger partial charge in [-0.25, -0.2) is 0 Å². The van der Waals surface area contributed by atoms with Crippen molar-refractivity contribution >= 4 is 40.2 Å². The summed E-state index contributed by atoms with van der Waals surface area (Å²) in [6.45, 7) is 4.65. The van der Waals surface area contributed by atoms with E-state index in [-0.39, 0.29) is 30.3 Å². The van der Waals surface area contributed by atoms with Crippen LogP contribution in [0.15, 0.2) is 28.7 Å². The Labute approximate surface area is 151 Å². The smallest absolute Gasteiger partial charge is 0.244 e. The van der Waals surface area contributed by atoms with E-state index in [1.807, 2.05) is 24.3 Å². The number of halogens is 2. The van der Waals surface area contributed by atoms with Crippen molar-refractivity contribution in [3.8, 4) is 0 Å². The summed E-state index contributed by atoms with van der Waals surface area (Å²) in [5.74, 6) is -0.0978. The average Bonchev–Trinajstić information content (AvgIpc) is 2.48. The van der Waals surface area contributed by atoms with Crippen molar-refractivity contribution in [1.29, 1.82) is 0 Å². The Morgan fingerprint density at radius 1 is 1.26 bits per heavy atom. The van der Waals surface area contributed by atoms with Crippen LogP contribution >= 0.6 is 28.3 Å². The summed E-state index contributed by atoms with van der Waals surface area (Å²) in [6, 6.07) is 7.52. The van der Waals surface area contributed by atoms with E-state index in [2.05, 4.69) is 21.2 Å². The molecule has 2 rings (SSSR count). The monoisotopic (exact) mass is 403 g/mol. The third kappa shape index (κ3) is 4.93. The summed E-state index contributed by atoms with van der Waals surface area (Å²) in [4.78, 5) is 25.6. The lowest BCUT2D eigenvalue weighted by Gasteiger charge is -2.34. The zero-order chi connectivity index (χ0) is 16.3. The molecule has 7 heteroatoms. The summed E-state index contributed by atoms with van der Waals surface area (Å²) in [5.41, 5.74) is 5.93. The van der Waals surface area contributed by atoms with E-state index in [1.54, 1.807) is 18.7 Å². The highest BCUT2D eigenvalue weighted by atomic mass is 79.9. The molecule has 1 atom stereocenters. The third-order valence-electron chi connectivity index (χ3n) is 4.19. The first-order valence-electron chi connectivity index (χ1n) is 7.42. The number of carbonyl (C=O) groups excluding carboxylic acids is 2. The number of hydrogen-bond acceptors (Lipinski definition) is 3. The van der Waals surface area contributed by atoms with E-state index in [1.165, 1.54) is 0 Å². The Morgan fingerprint density at radius 2 is 1.78 bits per heavy atom. The molecule has 1 unspecified atom stereocenters. The molecule has 0 radical (unpaired) electrons. The molecule has 2 amide bonds. The van der Waals surface area contributed by atoms with E-state index in [4.69, 9.17) is 5.73 Å². The Bertz CT molecular complexity index is 555. The lowest BCUT2D eigenvalue weighted by molar-refractivity contribution is -0.130. The first-order chi connectivity index (χ1) is 10.3. The molecule has 5 nitrogen and oxygen atoms in total. The molecule has 1 saturated heterocycles. The molecule has 1 aliphatic heterocycles. The van der Waals surface area contributed by atoms with Crippen LogP contribution < -0.4 is 11.1 Å². The van der Waals surface area contributed by atoms with Gasteiger partial charge in [-0.15, -0.1) is 12.4 Å². The van der Waals surface area contributed by atoms with Gasteiger partial charge in [0.05, 0.1) is 0 Å². The molecule has 1 fully saturated rings. The second-order valence-corrected chi connectivity index (χ2v) is 6.88. The summed E-state index contributed by atoms with van der Waals surface area (Å²) in [7, 11) is 0. The summed E-state index contributed by atoms with van der Waals surface area (Å²) in [5, 5.41) is 3.02. The lowest BCUT2D eigenvalue weighted by Crippen LogP contribution is -2.54. The van der Waals surface area contributed by atoms with Crippen LogP contribution in [0.5, 0.6) is 0 Å². The number of hydrogen-bond donors (Lipinski definition) is 2. The first kappa shape index (κ1) is 19.9. The number of likely N-dealkylation sites (tertiary alicyclic amines) is 1. The van der Waals surface area contributed by atoms with Crippen LogP contribution in [0.4, 0.5) is 0 Å². The molecule has 3 N–H and O–H groups in total. The summed E-state index contributed by atoms with van der Waals surface area (Å²) < 4.78 is 0.948. The van der Waals surface area contributed by atoms with Gasteiger partial charge in [-0.05, 0) is 37.5 Å². The quantitative estimate of drug-likeness (QED) is 0.811. The van der Waals surface area contributed by atoms with Crippen molar-refractivity contribution in [2.45, 2.75) is 38.3 Å². The second kappa shape index (κ2) is 8.13. The number of benzene rings is 1. The average molecular weight is 405 g/mol. The molecule has 0 aliphatic carbocycles. The number of nitrogens with zero attached hydrogens (tertiary/aromatic N) is 1. The molecule has 1 aromatic carbocycles.